The van der Waals surface area contributed by atoms with E-state index in [2.05, 4.69) is 14.9 Å². The summed E-state index contributed by atoms with van der Waals surface area (Å²) in [5.41, 5.74) is 0. The molecule has 0 spiro atoms. The molecule has 0 aromatic carbocycles. The van der Waals surface area contributed by atoms with Crippen LogP contribution in [0.3, 0.4) is 0 Å². The highest BCUT2D eigenvalue weighted by molar-refractivity contribution is 7.10. The molecule has 14 heavy (non-hydrogen) atoms. The Kier molecular flexibility index (Phi) is 4.48. The van der Waals surface area contributed by atoms with Crippen molar-refractivity contribution in [2.75, 3.05) is 11.9 Å². The van der Waals surface area contributed by atoms with Crippen molar-refractivity contribution in [3.05, 3.63) is 6.20 Å². The molecule has 0 radical (unpaired) electrons. The van der Waals surface area contributed by atoms with Crippen LogP contribution in [0.4, 0.5) is 5.00 Å². The number of nitrogens with one attached hydrogen (secondary N) is 1. The first-order valence-corrected chi connectivity index (χ1v) is 5.18. The molecule has 6 heteroatoms. The average Bonchev–Trinajstić information content (AvgIpc) is 2.66. The van der Waals surface area contributed by atoms with Gasteiger partial charge in [0.05, 0.1) is 12.3 Å². The Bertz CT molecular complexity index is 276. The van der Waals surface area contributed by atoms with E-state index in [9.17, 15) is 4.79 Å². The van der Waals surface area contributed by atoms with Crippen LogP contribution in [-0.4, -0.2) is 28.2 Å². The zero-order valence-electron chi connectivity index (χ0n) is 8.19. The third kappa shape index (κ3) is 3.80. The van der Waals surface area contributed by atoms with Gasteiger partial charge in [-0.3, -0.25) is 4.79 Å². The molecular formula is C8H13N3O2S. The Balaban J connectivity index is 2.23. The Morgan fingerprint density at radius 1 is 1.79 bits per heavy atom. The summed E-state index contributed by atoms with van der Waals surface area (Å²) < 4.78 is 8.88. The highest BCUT2D eigenvalue weighted by atomic mass is 32.1. The van der Waals surface area contributed by atoms with Gasteiger partial charge in [0.15, 0.2) is 0 Å². The molecule has 0 aliphatic rings. The van der Waals surface area contributed by atoms with E-state index in [1.807, 2.05) is 13.8 Å². The molecule has 1 atom stereocenters. The van der Waals surface area contributed by atoms with Gasteiger partial charge >= 0.3 is 0 Å². The summed E-state index contributed by atoms with van der Waals surface area (Å²) in [6, 6.07) is 0. The van der Waals surface area contributed by atoms with Gasteiger partial charge < -0.3 is 10.1 Å². The normalized spacial score (nSPS) is 12.4. The zero-order chi connectivity index (χ0) is 10.4. The number of rotatable bonds is 5. The van der Waals surface area contributed by atoms with Crippen LogP contribution < -0.4 is 5.32 Å². The van der Waals surface area contributed by atoms with Crippen LogP contribution in [0.2, 0.25) is 0 Å². The van der Waals surface area contributed by atoms with Gasteiger partial charge in [0.2, 0.25) is 0 Å². The summed E-state index contributed by atoms with van der Waals surface area (Å²) in [5, 5.41) is 6.87. The Morgan fingerprint density at radius 3 is 3.14 bits per heavy atom. The highest BCUT2D eigenvalue weighted by Gasteiger charge is 2.06. The molecule has 5 nitrogen and oxygen atoms in total. The van der Waals surface area contributed by atoms with Gasteiger partial charge in [0.25, 0.3) is 5.91 Å². The largest absolute Gasteiger partial charge is 0.369 e. The maximum atomic E-state index is 11.2. The summed E-state index contributed by atoms with van der Waals surface area (Å²) in [7, 11) is 0. The lowest BCUT2D eigenvalue weighted by molar-refractivity contribution is -0.122. The average molecular weight is 215 g/mol. The van der Waals surface area contributed by atoms with Crippen molar-refractivity contribution in [2.24, 2.45) is 0 Å². The van der Waals surface area contributed by atoms with Crippen LogP contribution in [0, 0.1) is 0 Å². The lowest BCUT2D eigenvalue weighted by Gasteiger charge is -2.09. The molecule has 1 aromatic heterocycles. The molecule has 78 valence electrons. The van der Waals surface area contributed by atoms with Gasteiger partial charge in [0, 0.05) is 11.5 Å². The predicted octanol–water partition coefficient (Wildman–Crippen LogP) is 1.29. The fourth-order valence-electron chi connectivity index (χ4n) is 0.732. The van der Waals surface area contributed by atoms with E-state index in [0.717, 1.165) is 18.0 Å². The van der Waals surface area contributed by atoms with Crippen molar-refractivity contribution >= 4 is 22.4 Å². The number of hydrogen-bond acceptors (Lipinski definition) is 5. The Hall–Kier alpha value is -1.01. The van der Waals surface area contributed by atoms with Crippen molar-refractivity contribution in [1.29, 1.82) is 0 Å². The minimum absolute atomic E-state index is 0.0763. The summed E-state index contributed by atoms with van der Waals surface area (Å²) in [5.74, 6) is -0.170. The molecule has 0 saturated carbocycles. The first-order valence-electron chi connectivity index (χ1n) is 4.41. The molecular weight excluding hydrogens is 202 g/mol. The van der Waals surface area contributed by atoms with Crippen LogP contribution >= 0.6 is 11.5 Å². The lowest BCUT2D eigenvalue weighted by Crippen LogP contribution is -2.21. The van der Waals surface area contributed by atoms with Gasteiger partial charge in [-0.2, -0.15) is 0 Å². The smallest absolute Gasteiger partial charge is 0.251 e. The minimum atomic E-state index is -0.170. The van der Waals surface area contributed by atoms with Crippen molar-refractivity contribution in [3.63, 3.8) is 0 Å². The van der Waals surface area contributed by atoms with Crippen LogP contribution in [0.5, 0.6) is 0 Å². The summed E-state index contributed by atoms with van der Waals surface area (Å²) in [4.78, 5) is 11.2. The molecule has 0 fully saturated rings. The molecule has 1 amide bonds. The number of carbonyl (C=O) groups is 1. The minimum Gasteiger partial charge on any atom is -0.369 e. The second-order valence-corrected chi connectivity index (χ2v) is 3.65. The first-order chi connectivity index (χ1) is 6.72. The van der Waals surface area contributed by atoms with E-state index < -0.39 is 0 Å². The van der Waals surface area contributed by atoms with E-state index in [0.29, 0.717) is 5.00 Å². The summed E-state index contributed by atoms with van der Waals surface area (Å²) >= 11 is 1.14. The molecule has 0 saturated heterocycles. The van der Waals surface area contributed by atoms with E-state index in [1.165, 1.54) is 6.20 Å². The van der Waals surface area contributed by atoms with Gasteiger partial charge in [-0.05, 0) is 13.3 Å². The SMILES string of the molecule is CC[C@H](C)OCC(=O)Nc1cnns1. The van der Waals surface area contributed by atoms with E-state index in [1.54, 1.807) is 0 Å². The summed E-state index contributed by atoms with van der Waals surface area (Å²) in [6.45, 7) is 4.02. The van der Waals surface area contributed by atoms with Crippen molar-refractivity contribution in [1.82, 2.24) is 9.59 Å². The van der Waals surface area contributed by atoms with Crippen LogP contribution in [0.25, 0.3) is 0 Å². The van der Waals surface area contributed by atoms with Crippen LogP contribution in [-0.2, 0) is 9.53 Å². The topological polar surface area (TPSA) is 64.1 Å². The number of ether oxygens (including phenoxy) is 1. The fourth-order valence-corrected chi connectivity index (χ4v) is 1.17. The lowest BCUT2D eigenvalue weighted by atomic mass is 10.3. The third-order valence-corrected chi connectivity index (χ3v) is 2.28. The van der Waals surface area contributed by atoms with Crippen LogP contribution in [0.1, 0.15) is 20.3 Å². The van der Waals surface area contributed by atoms with Gasteiger partial charge in [-0.25, -0.2) is 0 Å². The van der Waals surface area contributed by atoms with Crippen LogP contribution in [0.15, 0.2) is 6.20 Å². The molecule has 0 unspecified atom stereocenters. The Morgan fingerprint density at radius 2 is 2.57 bits per heavy atom. The quantitative estimate of drug-likeness (QED) is 0.804. The molecule has 1 N–H and O–H groups in total. The fraction of sp³-hybridized carbons (Fsp3) is 0.625. The number of nitrogens with zero attached hydrogens (tertiary/aromatic N) is 2. The second-order valence-electron chi connectivity index (χ2n) is 2.86. The molecule has 1 heterocycles. The predicted molar refractivity (Wildman–Crippen MR) is 54.2 cm³/mol. The monoisotopic (exact) mass is 215 g/mol. The molecule has 1 aromatic rings. The first kappa shape index (κ1) is 11.1. The van der Waals surface area contributed by atoms with E-state index in [-0.39, 0.29) is 18.6 Å². The molecule has 0 aliphatic carbocycles. The third-order valence-electron chi connectivity index (χ3n) is 1.70. The van der Waals surface area contributed by atoms with E-state index >= 15 is 0 Å². The standard InChI is InChI=1S/C8H13N3O2S/c1-3-6(2)13-5-7(12)10-8-4-9-11-14-8/h4,6H,3,5H2,1-2H3,(H,10,12)/t6-/m0/s1. The number of carbonyl (C=O) groups excluding carboxylic acids is 1. The van der Waals surface area contributed by atoms with Crippen molar-refractivity contribution in [2.45, 2.75) is 26.4 Å². The van der Waals surface area contributed by atoms with Crippen molar-refractivity contribution < 1.29 is 9.53 Å². The highest BCUT2D eigenvalue weighted by Crippen LogP contribution is 2.08. The zero-order valence-corrected chi connectivity index (χ0v) is 9.00. The molecule has 0 aliphatic heterocycles. The molecule has 1 rings (SSSR count). The number of anilines is 1. The number of aromatic nitrogens is 2. The van der Waals surface area contributed by atoms with Crippen molar-refractivity contribution in [3.8, 4) is 0 Å². The number of amides is 1. The number of hydrogen-bond donors (Lipinski definition) is 1. The molecule has 0 bridgehead atoms. The Labute approximate surface area is 86.6 Å². The van der Waals surface area contributed by atoms with Gasteiger partial charge in [-0.15, -0.1) is 5.10 Å². The van der Waals surface area contributed by atoms with Gasteiger partial charge in [0.1, 0.15) is 11.6 Å². The maximum Gasteiger partial charge on any atom is 0.251 e. The maximum absolute atomic E-state index is 11.2. The van der Waals surface area contributed by atoms with E-state index in [4.69, 9.17) is 4.74 Å². The van der Waals surface area contributed by atoms with Gasteiger partial charge in [-0.1, -0.05) is 11.4 Å². The summed E-state index contributed by atoms with van der Waals surface area (Å²) in [6.07, 6.45) is 2.52. The second kappa shape index (κ2) is 5.66.